The third-order valence-corrected chi connectivity index (χ3v) is 4.36. The number of carboxylic acids is 1. The average Bonchev–Trinajstić information content (AvgIpc) is 2.45. The normalized spacial score (nSPS) is 23.3. The van der Waals surface area contributed by atoms with Crippen molar-refractivity contribution in [3.8, 4) is 11.5 Å². The van der Waals surface area contributed by atoms with Crippen LogP contribution in [0.4, 0.5) is 0 Å². The number of benzene rings is 1. The number of ketones is 2. The molecule has 0 spiro atoms. The number of carbonyl (C=O) groups is 3. The zero-order chi connectivity index (χ0) is 16.9. The van der Waals surface area contributed by atoms with Gasteiger partial charge in [-0.05, 0) is 6.92 Å². The maximum atomic E-state index is 12.1. The lowest BCUT2D eigenvalue weighted by Crippen LogP contribution is -2.29. The molecular weight excluding hydrogens is 304 g/mol. The maximum absolute atomic E-state index is 12.1. The number of Topliss-reactive ketones (excluding diaryl/α,β-unsaturated/α-hetero) is 2. The van der Waals surface area contributed by atoms with Gasteiger partial charge in [-0.15, -0.1) is 0 Å². The molecule has 2 aliphatic rings. The summed E-state index contributed by atoms with van der Waals surface area (Å²) in [4.78, 5) is 35.0. The molecule has 23 heavy (non-hydrogen) atoms. The minimum Gasteiger partial charge on any atom is -0.507 e. The Hall–Kier alpha value is -2.41. The number of ether oxygens (including phenoxy) is 1. The topological polar surface area (TPSA) is 121 Å². The van der Waals surface area contributed by atoms with Gasteiger partial charge in [0.05, 0.1) is 29.8 Å². The van der Waals surface area contributed by atoms with Crippen molar-refractivity contribution in [2.24, 2.45) is 0 Å². The number of carboxylic acid groups (broad SMARTS) is 1. The van der Waals surface area contributed by atoms with E-state index in [-0.39, 0.29) is 59.4 Å². The molecule has 0 aromatic heterocycles. The van der Waals surface area contributed by atoms with E-state index in [1.54, 1.807) is 6.92 Å². The van der Waals surface area contributed by atoms with Crippen molar-refractivity contribution in [2.75, 3.05) is 0 Å². The smallest absolute Gasteiger partial charge is 0.305 e. The molecule has 3 N–H and O–H groups in total. The minimum atomic E-state index is -1.04. The zero-order valence-corrected chi connectivity index (χ0v) is 12.5. The fourth-order valence-electron chi connectivity index (χ4n) is 3.40. The van der Waals surface area contributed by atoms with Gasteiger partial charge in [0.2, 0.25) is 0 Å². The van der Waals surface area contributed by atoms with Crippen molar-refractivity contribution >= 4 is 17.5 Å². The molecule has 7 heteroatoms. The Labute approximate surface area is 131 Å². The molecule has 0 saturated carbocycles. The van der Waals surface area contributed by atoms with Crippen LogP contribution in [0.1, 0.15) is 64.1 Å². The van der Waals surface area contributed by atoms with Gasteiger partial charge in [0, 0.05) is 30.4 Å². The summed E-state index contributed by atoms with van der Waals surface area (Å²) in [7, 11) is 0. The van der Waals surface area contributed by atoms with Gasteiger partial charge >= 0.3 is 5.97 Å². The lowest BCUT2D eigenvalue weighted by atomic mass is 9.81. The molecule has 0 saturated heterocycles. The van der Waals surface area contributed by atoms with Crippen LogP contribution < -0.4 is 0 Å². The SMILES string of the molecule is CC1OC(CC(=O)O)Cc2c(O)c3c(c(O)c21)C(=O)CCC3=O. The van der Waals surface area contributed by atoms with E-state index in [1.165, 1.54) is 0 Å². The summed E-state index contributed by atoms with van der Waals surface area (Å²) < 4.78 is 5.56. The van der Waals surface area contributed by atoms with Gasteiger partial charge in [0.1, 0.15) is 11.5 Å². The second kappa shape index (κ2) is 5.34. The van der Waals surface area contributed by atoms with E-state index in [0.717, 1.165) is 0 Å². The van der Waals surface area contributed by atoms with E-state index >= 15 is 0 Å². The Morgan fingerprint density at radius 2 is 1.70 bits per heavy atom. The highest BCUT2D eigenvalue weighted by atomic mass is 16.5. The van der Waals surface area contributed by atoms with Gasteiger partial charge < -0.3 is 20.1 Å². The van der Waals surface area contributed by atoms with E-state index in [1.807, 2.05) is 0 Å². The molecule has 1 aliphatic heterocycles. The fourth-order valence-corrected chi connectivity index (χ4v) is 3.40. The van der Waals surface area contributed by atoms with Crippen LogP contribution in [-0.4, -0.2) is 39.0 Å². The molecule has 1 heterocycles. The third kappa shape index (κ3) is 2.37. The summed E-state index contributed by atoms with van der Waals surface area (Å²) in [5, 5.41) is 29.8. The summed E-state index contributed by atoms with van der Waals surface area (Å²) in [5.74, 6) is -2.51. The van der Waals surface area contributed by atoms with Crippen LogP contribution in [0.15, 0.2) is 0 Å². The van der Waals surface area contributed by atoms with Gasteiger partial charge in [-0.3, -0.25) is 14.4 Å². The largest absolute Gasteiger partial charge is 0.507 e. The van der Waals surface area contributed by atoms with Crippen molar-refractivity contribution in [3.05, 3.63) is 22.3 Å². The number of carbonyl (C=O) groups excluding carboxylic acids is 2. The summed E-state index contributed by atoms with van der Waals surface area (Å²) in [5.41, 5.74) is 0.241. The van der Waals surface area contributed by atoms with E-state index in [2.05, 4.69) is 0 Å². The fraction of sp³-hybridized carbons (Fsp3) is 0.438. The molecular formula is C16H16O7. The number of phenols is 2. The predicted molar refractivity (Wildman–Crippen MR) is 76.9 cm³/mol. The first-order valence-corrected chi connectivity index (χ1v) is 7.35. The Kier molecular flexibility index (Phi) is 3.60. The van der Waals surface area contributed by atoms with Crippen molar-refractivity contribution in [3.63, 3.8) is 0 Å². The Balaban J connectivity index is 2.19. The molecule has 0 bridgehead atoms. The molecule has 0 amide bonds. The van der Waals surface area contributed by atoms with Gasteiger partial charge in [0.15, 0.2) is 11.6 Å². The van der Waals surface area contributed by atoms with E-state index in [9.17, 15) is 24.6 Å². The molecule has 1 aliphatic carbocycles. The summed E-state index contributed by atoms with van der Waals surface area (Å²) >= 11 is 0. The minimum absolute atomic E-state index is 0.00546. The number of fused-ring (bicyclic) bond motifs is 2. The number of aromatic hydroxyl groups is 2. The Morgan fingerprint density at radius 1 is 1.13 bits per heavy atom. The number of phenolic OH excluding ortho intramolecular Hbond substituents is 2. The highest BCUT2D eigenvalue weighted by molar-refractivity contribution is 6.17. The van der Waals surface area contributed by atoms with E-state index < -0.39 is 29.7 Å². The van der Waals surface area contributed by atoms with Crippen molar-refractivity contribution < 1.29 is 34.4 Å². The van der Waals surface area contributed by atoms with E-state index in [0.29, 0.717) is 0 Å². The van der Waals surface area contributed by atoms with Crippen LogP contribution in [0.2, 0.25) is 0 Å². The first-order valence-electron chi connectivity index (χ1n) is 7.35. The van der Waals surface area contributed by atoms with Crippen LogP contribution in [0.5, 0.6) is 11.5 Å². The zero-order valence-electron chi connectivity index (χ0n) is 12.5. The third-order valence-electron chi connectivity index (χ3n) is 4.36. The van der Waals surface area contributed by atoms with Crippen molar-refractivity contribution in [1.29, 1.82) is 0 Å². The molecule has 7 nitrogen and oxygen atoms in total. The average molecular weight is 320 g/mol. The molecule has 3 rings (SSSR count). The van der Waals surface area contributed by atoms with Crippen LogP contribution in [0.3, 0.4) is 0 Å². The lowest BCUT2D eigenvalue weighted by Gasteiger charge is -2.33. The van der Waals surface area contributed by atoms with Crippen LogP contribution in [0.25, 0.3) is 0 Å². The van der Waals surface area contributed by atoms with Crippen LogP contribution in [-0.2, 0) is 16.0 Å². The monoisotopic (exact) mass is 320 g/mol. The molecule has 0 radical (unpaired) electrons. The number of rotatable bonds is 2. The van der Waals surface area contributed by atoms with Gasteiger partial charge in [-0.1, -0.05) is 0 Å². The van der Waals surface area contributed by atoms with Gasteiger partial charge in [0.25, 0.3) is 0 Å². The predicted octanol–water partition coefficient (Wildman–Crippen LogP) is 1.73. The quantitative estimate of drug-likeness (QED) is 0.709. The second-order valence-electron chi connectivity index (χ2n) is 5.89. The second-order valence-corrected chi connectivity index (χ2v) is 5.89. The molecule has 122 valence electrons. The number of hydrogen-bond donors (Lipinski definition) is 3. The van der Waals surface area contributed by atoms with Gasteiger partial charge in [-0.2, -0.15) is 0 Å². The molecule has 1 aromatic carbocycles. The van der Waals surface area contributed by atoms with Crippen molar-refractivity contribution in [1.82, 2.24) is 0 Å². The lowest BCUT2D eigenvalue weighted by molar-refractivity contribution is -0.141. The number of aliphatic carboxylic acids is 1. The highest BCUT2D eigenvalue weighted by Crippen LogP contribution is 2.47. The highest BCUT2D eigenvalue weighted by Gasteiger charge is 2.38. The van der Waals surface area contributed by atoms with Crippen LogP contribution >= 0.6 is 0 Å². The molecule has 1 aromatic rings. The Morgan fingerprint density at radius 3 is 2.26 bits per heavy atom. The summed E-state index contributed by atoms with van der Waals surface area (Å²) in [6.45, 7) is 1.60. The molecule has 2 unspecified atom stereocenters. The summed E-state index contributed by atoms with van der Waals surface area (Å²) in [6.07, 6.45) is -1.58. The van der Waals surface area contributed by atoms with Gasteiger partial charge in [-0.25, -0.2) is 0 Å². The first-order chi connectivity index (χ1) is 10.8. The molecule has 0 fully saturated rings. The van der Waals surface area contributed by atoms with E-state index in [4.69, 9.17) is 9.84 Å². The number of hydrogen-bond acceptors (Lipinski definition) is 6. The Bertz CT molecular complexity index is 735. The summed E-state index contributed by atoms with van der Waals surface area (Å²) in [6, 6.07) is 0. The first kappa shape index (κ1) is 15.5. The van der Waals surface area contributed by atoms with Crippen LogP contribution in [0, 0.1) is 0 Å². The standard InChI is InChI=1S/C16H16O7/c1-6-12-8(4-7(23-6)5-11(19)20)15(21)13-9(17)2-3-10(18)14(13)16(12)22/h6-7,21-22H,2-5H2,1H3,(H,19,20). The molecule has 2 atom stereocenters. The maximum Gasteiger partial charge on any atom is 0.305 e. The van der Waals surface area contributed by atoms with Crippen molar-refractivity contribution in [2.45, 2.75) is 44.8 Å².